The summed E-state index contributed by atoms with van der Waals surface area (Å²) < 4.78 is 7.88. The number of hydrogen-bond acceptors (Lipinski definition) is 4. The molecule has 4 nitrogen and oxygen atoms in total. The van der Waals surface area contributed by atoms with E-state index in [1.165, 1.54) is 29.7 Å². The van der Waals surface area contributed by atoms with Crippen LogP contribution in [0.15, 0.2) is 35.8 Å². The minimum atomic E-state index is 0.411. The fourth-order valence-corrected chi connectivity index (χ4v) is 4.06. The van der Waals surface area contributed by atoms with Gasteiger partial charge in [0.15, 0.2) is 4.96 Å². The lowest BCUT2D eigenvalue weighted by Gasteiger charge is -2.10. The molecule has 5 heteroatoms. The Labute approximate surface area is 146 Å². The van der Waals surface area contributed by atoms with Crippen LogP contribution in [0.3, 0.4) is 0 Å². The van der Waals surface area contributed by atoms with Crippen molar-refractivity contribution in [3.63, 3.8) is 0 Å². The van der Waals surface area contributed by atoms with Gasteiger partial charge in [-0.2, -0.15) is 0 Å². The SMILES string of the molecule is Cc1ccc(-c2cn3c(CCNCC4CCCO4)csc3n2)cc1. The maximum Gasteiger partial charge on any atom is 0.194 e. The van der Waals surface area contributed by atoms with Crippen LogP contribution in [0.5, 0.6) is 0 Å². The highest BCUT2D eigenvalue weighted by Gasteiger charge is 2.14. The van der Waals surface area contributed by atoms with E-state index in [0.717, 1.165) is 36.8 Å². The number of benzene rings is 1. The van der Waals surface area contributed by atoms with Crippen LogP contribution in [0.2, 0.25) is 0 Å². The number of nitrogens with one attached hydrogen (secondary N) is 1. The van der Waals surface area contributed by atoms with Crippen molar-refractivity contribution in [2.24, 2.45) is 0 Å². The van der Waals surface area contributed by atoms with Crippen molar-refractivity contribution in [2.45, 2.75) is 32.3 Å². The van der Waals surface area contributed by atoms with E-state index in [2.05, 4.69) is 52.5 Å². The molecule has 3 aromatic rings. The molecule has 0 bridgehead atoms. The van der Waals surface area contributed by atoms with Gasteiger partial charge in [-0.1, -0.05) is 29.8 Å². The van der Waals surface area contributed by atoms with E-state index in [9.17, 15) is 0 Å². The molecule has 0 saturated carbocycles. The van der Waals surface area contributed by atoms with E-state index >= 15 is 0 Å². The number of aromatic nitrogens is 2. The molecule has 3 heterocycles. The van der Waals surface area contributed by atoms with Crippen LogP contribution < -0.4 is 5.32 Å². The zero-order valence-electron chi connectivity index (χ0n) is 14.0. The molecule has 1 atom stereocenters. The van der Waals surface area contributed by atoms with Crippen molar-refractivity contribution in [3.05, 3.63) is 47.1 Å². The molecule has 0 spiro atoms. The predicted octanol–water partition coefficient (Wildman–Crippen LogP) is 3.68. The van der Waals surface area contributed by atoms with Crippen molar-refractivity contribution < 1.29 is 4.74 Å². The summed E-state index contributed by atoms with van der Waals surface area (Å²) in [6.07, 6.45) is 5.97. The van der Waals surface area contributed by atoms with Crippen LogP contribution >= 0.6 is 11.3 Å². The fraction of sp³-hybridized carbons (Fsp3) is 0.421. The molecule has 1 N–H and O–H groups in total. The largest absolute Gasteiger partial charge is 0.377 e. The Morgan fingerprint density at radius 2 is 2.21 bits per heavy atom. The van der Waals surface area contributed by atoms with Gasteiger partial charge in [0.2, 0.25) is 0 Å². The number of rotatable bonds is 6. The third-order valence-electron chi connectivity index (χ3n) is 4.58. The summed E-state index contributed by atoms with van der Waals surface area (Å²) in [6.45, 7) is 4.97. The van der Waals surface area contributed by atoms with E-state index in [4.69, 9.17) is 9.72 Å². The molecule has 0 radical (unpaired) electrons. The summed E-state index contributed by atoms with van der Waals surface area (Å²) in [5.74, 6) is 0. The van der Waals surface area contributed by atoms with Crippen LogP contribution in [-0.2, 0) is 11.2 Å². The molecule has 126 valence electrons. The first-order valence-electron chi connectivity index (χ1n) is 8.64. The molecule has 0 amide bonds. The molecule has 4 rings (SSSR count). The van der Waals surface area contributed by atoms with Crippen molar-refractivity contribution in [2.75, 3.05) is 19.7 Å². The zero-order chi connectivity index (χ0) is 16.4. The molecule has 24 heavy (non-hydrogen) atoms. The zero-order valence-corrected chi connectivity index (χ0v) is 14.8. The number of hydrogen-bond donors (Lipinski definition) is 1. The number of fused-ring (bicyclic) bond motifs is 1. The van der Waals surface area contributed by atoms with Gasteiger partial charge in [-0.25, -0.2) is 4.98 Å². The Bertz CT molecular complexity index is 800. The molecule has 2 aromatic heterocycles. The number of imidazole rings is 1. The Morgan fingerprint density at radius 1 is 1.33 bits per heavy atom. The van der Waals surface area contributed by atoms with Crippen molar-refractivity contribution in [3.8, 4) is 11.3 Å². The Morgan fingerprint density at radius 3 is 3.00 bits per heavy atom. The van der Waals surface area contributed by atoms with Gasteiger partial charge in [-0.15, -0.1) is 11.3 Å². The Balaban J connectivity index is 1.41. The number of thiazole rings is 1. The van der Waals surface area contributed by atoms with Gasteiger partial charge in [0.1, 0.15) is 0 Å². The van der Waals surface area contributed by atoms with E-state index in [0.29, 0.717) is 6.10 Å². The van der Waals surface area contributed by atoms with Crippen LogP contribution in [0.1, 0.15) is 24.1 Å². The first-order valence-corrected chi connectivity index (χ1v) is 9.52. The Hall–Kier alpha value is -1.69. The number of aryl methyl sites for hydroxylation is 1. The normalized spacial score (nSPS) is 17.8. The molecule has 1 saturated heterocycles. The van der Waals surface area contributed by atoms with Crippen molar-refractivity contribution >= 4 is 16.3 Å². The minimum Gasteiger partial charge on any atom is -0.377 e. The Kier molecular flexibility index (Phi) is 4.65. The van der Waals surface area contributed by atoms with Gasteiger partial charge in [0, 0.05) is 49.0 Å². The average Bonchev–Trinajstić information content (AvgIpc) is 3.30. The minimum absolute atomic E-state index is 0.411. The summed E-state index contributed by atoms with van der Waals surface area (Å²) in [7, 11) is 0. The first-order chi connectivity index (χ1) is 11.8. The van der Waals surface area contributed by atoms with E-state index in [-0.39, 0.29) is 0 Å². The number of nitrogens with zero attached hydrogens (tertiary/aromatic N) is 2. The van der Waals surface area contributed by atoms with E-state index in [1.807, 2.05) is 0 Å². The topological polar surface area (TPSA) is 38.6 Å². The summed E-state index contributed by atoms with van der Waals surface area (Å²) in [5, 5.41) is 5.74. The second-order valence-corrected chi connectivity index (χ2v) is 7.30. The molecule has 1 fully saturated rings. The smallest absolute Gasteiger partial charge is 0.194 e. The summed E-state index contributed by atoms with van der Waals surface area (Å²) in [4.78, 5) is 5.83. The van der Waals surface area contributed by atoms with Crippen LogP contribution in [0.25, 0.3) is 16.2 Å². The van der Waals surface area contributed by atoms with Crippen LogP contribution in [0.4, 0.5) is 0 Å². The van der Waals surface area contributed by atoms with Gasteiger partial charge in [0.05, 0.1) is 11.8 Å². The van der Waals surface area contributed by atoms with Crippen molar-refractivity contribution in [1.82, 2.24) is 14.7 Å². The highest BCUT2D eigenvalue weighted by Crippen LogP contribution is 2.24. The fourth-order valence-electron chi connectivity index (χ4n) is 3.16. The average molecular weight is 341 g/mol. The van der Waals surface area contributed by atoms with Crippen LogP contribution in [-0.4, -0.2) is 35.2 Å². The molecule has 1 aromatic carbocycles. The summed E-state index contributed by atoms with van der Waals surface area (Å²) in [6, 6.07) is 8.56. The van der Waals surface area contributed by atoms with Crippen molar-refractivity contribution in [1.29, 1.82) is 0 Å². The standard InChI is InChI=1S/C19H23N3OS/c1-14-4-6-15(7-5-14)18-12-22-16(13-24-19(22)21-18)8-9-20-11-17-3-2-10-23-17/h4-7,12-13,17,20H,2-3,8-11H2,1H3. The second kappa shape index (κ2) is 7.05. The first kappa shape index (κ1) is 15.8. The second-order valence-electron chi connectivity index (χ2n) is 6.46. The van der Waals surface area contributed by atoms with E-state index in [1.54, 1.807) is 11.3 Å². The van der Waals surface area contributed by atoms with Gasteiger partial charge in [-0.3, -0.25) is 4.40 Å². The lowest BCUT2D eigenvalue weighted by Crippen LogP contribution is -2.28. The highest BCUT2D eigenvalue weighted by molar-refractivity contribution is 7.15. The monoisotopic (exact) mass is 341 g/mol. The third-order valence-corrected chi connectivity index (χ3v) is 5.47. The lowest BCUT2D eigenvalue weighted by atomic mass is 10.1. The molecular weight excluding hydrogens is 318 g/mol. The molecular formula is C19H23N3OS. The maximum absolute atomic E-state index is 5.65. The maximum atomic E-state index is 5.65. The molecule has 1 unspecified atom stereocenters. The number of ether oxygens (including phenoxy) is 1. The third kappa shape index (κ3) is 3.38. The summed E-state index contributed by atoms with van der Waals surface area (Å²) >= 11 is 1.72. The lowest BCUT2D eigenvalue weighted by molar-refractivity contribution is 0.110. The van der Waals surface area contributed by atoms with E-state index < -0.39 is 0 Å². The highest BCUT2D eigenvalue weighted by atomic mass is 32.1. The molecule has 0 aliphatic carbocycles. The summed E-state index contributed by atoms with van der Waals surface area (Å²) in [5.41, 5.74) is 4.83. The molecule has 1 aliphatic rings. The molecule has 1 aliphatic heterocycles. The predicted molar refractivity (Wildman–Crippen MR) is 98.8 cm³/mol. The van der Waals surface area contributed by atoms with Gasteiger partial charge >= 0.3 is 0 Å². The van der Waals surface area contributed by atoms with Gasteiger partial charge < -0.3 is 10.1 Å². The van der Waals surface area contributed by atoms with Gasteiger partial charge in [0.25, 0.3) is 0 Å². The van der Waals surface area contributed by atoms with Gasteiger partial charge in [-0.05, 0) is 19.8 Å². The quantitative estimate of drug-likeness (QED) is 0.695. The van der Waals surface area contributed by atoms with Crippen LogP contribution in [0, 0.1) is 6.92 Å².